The monoisotopic (exact) mass is 1430 g/mol. The number of benzene rings is 12. The van der Waals surface area contributed by atoms with Gasteiger partial charge in [-0.25, -0.2) is 0 Å². The zero-order valence-corrected chi connectivity index (χ0v) is 57.4. The highest BCUT2D eigenvalue weighted by atomic mass is 16.3. The maximum absolute atomic E-state index is 9.54. The summed E-state index contributed by atoms with van der Waals surface area (Å²) in [6, 6.07) is 89.2. The lowest BCUT2D eigenvalue weighted by Crippen LogP contribution is -1.87. The lowest BCUT2D eigenvalue weighted by molar-refractivity contribution is 0.474. The fourth-order valence-corrected chi connectivity index (χ4v) is 9.82. The number of aryl methyl sites for hydroxylation is 3. The van der Waals surface area contributed by atoms with Crippen LogP contribution in [0.5, 0.6) is 51.7 Å². The van der Waals surface area contributed by atoms with Crippen LogP contribution in [0.1, 0.15) is 163 Å². The SMILES string of the molecule is C.C.C.C.C.C.C.C/C(=C(/C)c1cccc(O)c1)c1cccc(C)c1.C/C(=C(\C)c1cccc(O)c1)c1cccc(O)c1.Cc1ccc(/C=C/c2ccc(O)cc2)cc1.Cc1cccc(/C=C/c2cccc(O)c2)c1.Oc1ccc(/C=C\c2ccc(O)cc2)cc1.Oc1cccc(/C=C\c2cccc(O)c2)c1. The standard InChI is InChI=1S/C17H18O.C16H16O2.2C15H14O.2C14H12O2.7CH4/c1-12-6-4-7-15(10-12)13(2)14(3)16-8-5-9-17(18)11-16;1-11(13-5-3-7-15(17)9-13)12(2)14-6-4-8-16(18)10-14;1-12-2-4-13(5-3-12)6-7-14-8-10-15(16)11-9-14;1-12-4-2-5-13(10-12)8-9-14-6-3-7-15(16)11-14;15-13-5-1-3-11(9-13)7-8-12-4-2-6-14(16)10-12;15-13-7-3-11(4-8-13)1-2-12-5-9-14(16)10-6-12;;;;;;;/h4-11,18H,1-3H3;3-10,17-18H,1-2H3;2*2-11,16H,1H3;2*1-10,15-16H;7*1H4/b14-13+;12-11-;7-6+;9-8+;8-7-;2-1-;;;;;;;. The molecule has 0 saturated carbocycles. The molecule has 0 aromatic heterocycles. The van der Waals surface area contributed by atoms with Crippen LogP contribution >= 0.6 is 0 Å². The summed E-state index contributed by atoms with van der Waals surface area (Å²) in [5, 5.41) is 83.8. The van der Waals surface area contributed by atoms with Gasteiger partial charge in [0.1, 0.15) is 51.7 Å². The molecule has 0 amide bonds. The molecule has 0 heterocycles. The molecule has 0 bridgehead atoms. The number of hydrogen-bond donors (Lipinski definition) is 9. The average Bonchev–Trinajstić information content (AvgIpc) is 0.849. The molecule has 0 aliphatic heterocycles. The van der Waals surface area contributed by atoms with E-state index in [1.54, 1.807) is 121 Å². The summed E-state index contributed by atoms with van der Waals surface area (Å²) in [4.78, 5) is 0. The Morgan fingerprint density at radius 1 is 0.178 bits per heavy atom. The van der Waals surface area contributed by atoms with E-state index in [0.717, 1.165) is 61.2 Å². The molecule has 0 aliphatic rings. The van der Waals surface area contributed by atoms with Crippen LogP contribution in [0.25, 0.3) is 70.9 Å². The van der Waals surface area contributed by atoms with Gasteiger partial charge in [-0.3, -0.25) is 0 Å². The highest BCUT2D eigenvalue weighted by molar-refractivity contribution is 5.90. The van der Waals surface area contributed by atoms with Gasteiger partial charge >= 0.3 is 0 Å². The van der Waals surface area contributed by atoms with Crippen molar-refractivity contribution in [1.29, 1.82) is 0 Å². The normalized spacial score (nSPS) is 10.5. The molecule has 560 valence electrons. The molecular formula is C98H114O9. The van der Waals surface area contributed by atoms with Crippen LogP contribution in [-0.2, 0) is 0 Å². The second-order valence-electron chi connectivity index (χ2n) is 23.7. The third-order valence-electron chi connectivity index (χ3n) is 15.7. The van der Waals surface area contributed by atoms with Gasteiger partial charge in [0.2, 0.25) is 0 Å². The summed E-state index contributed by atoms with van der Waals surface area (Å²) in [7, 11) is 0. The molecule has 0 unspecified atom stereocenters. The van der Waals surface area contributed by atoms with Gasteiger partial charge in [0, 0.05) is 0 Å². The Labute approximate surface area is 640 Å². The Balaban J connectivity index is 0.00000124. The summed E-state index contributed by atoms with van der Waals surface area (Å²) < 4.78 is 0. The van der Waals surface area contributed by atoms with Crippen molar-refractivity contribution in [3.8, 4) is 51.7 Å². The lowest BCUT2D eigenvalue weighted by atomic mass is 9.96. The van der Waals surface area contributed by atoms with Gasteiger partial charge in [-0.1, -0.05) is 299 Å². The molecule has 0 fully saturated rings. The molecular weight excluding hydrogens is 1320 g/mol. The van der Waals surface area contributed by atoms with Crippen LogP contribution in [-0.4, -0.2) is 46.0 Å². The zero-order chi connectivity index (χ0) is 71.8. The minimum atomic E-state index is 0. The van der Waals surface area contributed by atoms with Crippen LogP contribution in [0, 0.1) is 20.8 Å². The van der Waals surface area contributed by atoms with E-state index < -0.39 is 0 Å². The Morgan fingerprint density at radius 3 is 0.617 bits per heavy atom. The summed E-state index contributed by atoms with van der Waals surface area (Å²) >= 11 is 0. The first kappa shape index (κ1) is 94.3. The number of aromatic hydroxyl groups is 9. The van der Waals surface area contributed by atoms with E-state index in [-0.39, 0.29) is 86.5 Å². The van der Waals surface area contributed by atoms with E-state index in [1.807, 2.05) is 160 Å². The van der Waals surface area contributed by atoms with Gasteiger partial charge in [-0.15, -0.1) is 0 Å². The molecule has 9 heteroatoms. The van der Waals surface area contributed by atoms with Crippen LogP contribution < -0.4 is 0 Å². The summed E-state index contributed by atoms with van der Waals surface area (Å²) in [5.74, 6) is 2.45. The van der Waals surface area contributed by atoms with Crippen LogP contribution in [0.15, 0.2) is 291 Å². The molecule has 0 atom stereocenters. The molecule has 107 heavy (non-hydrogen) atoms. The maximum atomic E-state index is 9.54. The number of allylic oxidation sites excluding steroid dienone is 4. The van der Waals surface area contributed by atoms with Crippen LogP contribution in [0.3, 0.4) is 0 Å². The van der Waals surface area contributed by atoms with Crippen molar-refractivity contribution in [3.63, 3.8) is 0 Å². The zero-order valence-electron chi connectivity index (χ0n) is 57.4. The smallest absolute Gasteiger partial charge is 0.116 e. The highest BCUT2D eigenvalue weighted by Crippen LogP contribution is 2.31. The molecule has 9 nitrogen and oxygen atoms in total. The van der Waals surface area contributed by atoms with Crippen molar-refractivity contribution >= 4 is 70.9 Å². The van der Waals surface area contributed by atoms with Gasteiger partial charge in [0.15, 0.2) is 0 Å². The minimum Gasteiger partial charge on any atom is -0.508 e. The Morgan fingerprint density at radius 2 is 0.374 bits per heavy atom. The Kier molecular flexibility index (Phi) is 43.2. The maximum Gasteiger partial charge on any atom is 0.116 e. The van der Waals surface area contributed by atoms with Crippen LogP contribution in [0.4, 0.5) is 0 Å². The Hall–Kier alpha value is -12.7. The molecule has 0 saturated heterocycles. The minimum absolute atomic E-state index is 0. The van der Waals surface area contributed by atoms with Crippen LogP contribution in [0.2, 0.25) is 0 Å². The van der Waals surface area contributed by atoms with E-state index in [4.69, 9.17) is 15.3 Å². The molecule has 12 rings (SSSR count). The summed E-state index contributed by atoms with van der Waals surface area (Å²) in [6.45, 7) is 14.5. The van der Waals surface area contributed by atoms with E-state index in [1.165, 1.54) is 44.5 Å². The van der Waals surface area contributed by atoms with Gasteiger partial charge in [0.05, 0.1) is 0 Å². The van der Waals surface area contributed by atoms with Crippen molar-refractivity contribution in [2.45, 2.75) is 100 Å². The van der Waals surface area contributed by atoms with Gasteiger partial charge in [0.25, 0.3) is 0 Å². The van der Waals surface area contributed by atoms with Crippen molar-refractivity contribution in [2.75, 3.05) is 0 Å². The quantitative estimate of drug-likeness (QED) is 0.0538. The third kappa shape index (κ3) is 34.0. The van der Waals surface area contributed by atoms with Crippen molar-refractivity contribution in [2.24, 2.45) is 0 Å². The topological polar surface area (TPSA) is 182 Å². The van der Waals surface area contributed by atoms with Gasteiger partial charge in [-0.05, 0) is 247 Å². The Bertz CT molecular complexity index is 4150. The first-order chi connectivity index (χ1) is 48.1. The van der Waals surface area contributed by atoms with E-state index in [0.29, 0.717) is 17.2 Å². The second-order valence-corrected chi connectivity index (χ2v) is 23.7. The van der Waals surface area contributed by atoms with Gasteiger partial charge < -0.3 is 46.0 Å². The van der Waals surface area contributed by atoms with Crippen molar-refractivity contribution in [1.82, 2.24) is 0 Å². The molecule has 0 aliphatic carbocycles. The first-order valence-electron chi connectivity index (χ1n) is 32.5. The number of phenolic OH excluding ortho intramolecular Hbond substituents is 9. The van der Waals surface area contributed by atoms with E-state index >= 15 is 0 Å². The molecule has 0 spiro atoms. The summed E-state index contributed by atoms with van der Waals surface area (Å²) in [5.41, 5.74) is 20.9. The van der Waals surface area contributed by atoms with Crippen molar-refractivity contribution < 1.29 is 46.0 Å². The fourth-order valence-electron chi connectivity index (χ4n) is 9.82. The third-order valence-corrected chi connectivity index (χ3v) is 15.7. The number of phenols is 9. The van der Waals surface area contributed by atoms with E-state index in [9.17, 15) is 30.6 Å². The van der Waals surface area contributed by atoms with Crippen molar-refractivity contribution in [3.05, 3.63) is 375 Å². The fraction of sp³-hybridized carbons (Fsp3) is 0.143. The molecule has 0 radical (unpaired) electrons. The van der Waals surface area contributed by atoms with Gasteiger partial charge in [-0.2, -0.15) is 0 Å². The van der Waals surface area contributed by atoms with E-state index in [2.05, 4.69) is 107 Å². The predicted molar refractivity (Wildman–Crippen MR) is 466 cm³/mol. The lowest BCUT2D eigenvalue weighted by Gasteiger charge is -2.09. The summed E-state index contributed by atoms with van der Waals surface area (Å²) in [6.07, 6.45) is 15.8. The second kappa shape index (κ2) is 49.0. The largest absolute Gasteiger partial charge is 0.508 e. The highest BCUT2D eigenvalue weighted by Gasteiger charge is 2.07. The molecule has 9 N–H and O–H groups in total. The first-order valence-corrected chi connectivity index (χ1v) is 32.5. The number of hydrogen-bond acceptors (Lipinski definition) is 9. The number of rotatable bonds is 12. The average molecular weight is 1440 g/mol. The predicted octanol–water partition coefficient (Wildman–Crippen LogP) is 27.4. The molecule has 12 aromatic carbocycles. The molecule has 12 aromatic rings.